The Kier molecular flexibility index (Phi) is 13.5. The van der Waals surface area contributed by atoms with Crippen LogP contribution in [0.1, 0.15) is 18.4 Å². The van der Waals surface area contributed by atoms with E-state index in [1.54, 1.807) is 6.07 Å². The van der Waals surface area contributed by atoms with E-state index in [9.17, 15) is 17.6 Å². The van der Waals surface area contributed by atoms with E-state index in [0.717, 1.165) is 31.0 Å². The van der Waals surface area contributed by atoms with Gasteiger partial charge in [0.2, 0.25) is 0 Å². The van der Waals surface area contributed by atoms with Gasteiger partial charge in [-0.15, -0.1) is 25.0 Å². The van der Waals surface area contributed by atoms with Crippen LogP contribution in [-0.4, -0.2) is 0 Å². The molecule has 0 atom stereocenters. The average Bonchev–Trinajstić information content (AvgIpc) is 3.17. The van der Waals surface area contributed by atoms with Crippen molar-refractivity contribution in [1.29, 1.82) is 0 Å². The third-order valence-corrected chi connectivity index (χ3v) is 2.24. The number of benzene rings is 1. The molecule has 0 heterocycles. The SMILES string of the molecule is Fc1[c-]c(C(F)(F)F)ccc1.[C-]1=CC=CC1.[C-]1=CC=CC1.[F-].[Ti+4]. The summed E-state index contributed by atoms with van der Waals surface area (Å²) < 4.78 is 47.5. The van der Waals surface area contributed by atoms with Crippen LogP contribution < -0.4 is 4.70 Å². The predicted octanol–water partition coefficient (Wildman–Crippen LogP) is 2.26. The molecule has 0 saturated carbocycles. The second kappa shape index (κ2) is 13.0. The van der Waals surface area contributed by atoms with Gasteiger partial charge in [-0.1, -0.05) is 5.56 Å². The van der Waals surface area contributed by atoms with Crippen molar-refractivity contribution in [2.75, 3.05) is 0 Å². The second-order valence-corrected chi connectivity index (χ2v) is 3.92. The van der Waals surface area contributed by atoms with Crippen molar-refractivity contribution < 1.29 is 44.0 Å². The molecule has 0 fully saturated rings. The van der Waals surface area contributed by atoms with Gasteiger partial charge in [0.05, 0.1) is 0 Å². The van der Waals surface area contributed by atoms with Gasteiger partial charge in [-0.05, 0) is 0 Å². The Bertz CT molecular complexity index is 500. The summed E-state index contributed by atoms with van der Waals surface area (Å²) in [6, 6.07) is 4.23. The van der Waals surface area contributed by atoms with Crippen LogP contribution in [0, 0.1) is 24.0 Å². The van der Waals surface area contributed by atoms with Crippen molar-refractivity contribution in [3.63, 3.8) is 0 Å². The fourth-order valence-corrected chi connectivity index (χ4v) is 1.29. The van der Waals surface area contributed by atoms with E-state index in [0.29, 0.717) is 0 Å². The molecule has 0 aliphatic heterocycles. The first-order valence-electron chi connectivity index (χ1n) is 6.18. The number of rotatable bonds is 0. The van der Waals surface area contributed by atoms with Gasteiger partial charge < -0.3 is 4.70 Å². The van der Waals surface area contributed by atoms with E-state index in [2.05, 4.69) is 24.3 Å². The molecule has 23 heavy (non-hydrogen) atoms. The van der Waals surface area contributed by atoms with Crippen LogP contribution in [0.4, 0.5) is 17.6 Å². The van der Waals surface area contributed by atoms with Crippen LogP contribution in [0.2, 0.25) is 0 Å². The Balaban J connectivity index is 0. The zero-order valence-corrected chi connectivity index (χ0v) is 13.6. The Morgan fingerprint density at radius 3 is 1.65 bits per heavy atom. The van der Waals surface area contributed by atoms with Gasteiger partial charge in [0.15, 0.2) is 0 Å². The van der Waals surface area contributed by atoms with Gasteiger partial charge in [0.25, 0.3) is 0 Å². The van der Waals surface area contributed by atoms with Gasteiger partial charge >= 0.3 is 27.9 Å². The third-order valence-electron chi connectivity index (χ3n) is 2.24. The molecular weight excluding hydrogens is 347 g/mol. The molecule has 0 radical (unpaired) electrons. The first-order chi connectivity index (χ1) is 10.00. The van der Waals surface area contributed by atoms with Crippen molar-refractivity contribution in [2.24, 2.45) is 0 Å². The molecule has 0 bridgehead atoms. The molecule has 1 aromatic rings. The summed E-state index contributed by atoms with van der Waals surface area (Å²) in [6.07, 6.45) is 15.5. The number of allylic oxidation sites excluding steroid dienone is 8. The standard InChI is InChI=1S/C7H3F4.2C5H5.FH.Ti/c8-6-3-1-2-5(4-6)7(9,10)11;2*1-2-4-5-3-1;;/h1-3H;2*1-3H,4H2;1H;/q3*-1;;+4/p-1. The van der Waals surface area contributed by atoms with Crippen LogP contribution >= 0.6 is 0 Å². The summed E-state index contributed by atoms with van der Waals surface area (Å²) in [4.78, 5) is 0. The fourth-order valence-electron chi connectivity index (χ4n) is 1.29. The van der Waals surface area contributed by atoms with Crippen LogP contribution in [0.25, 0.3) is 0 Å². The van der Waals surface area contributed by atoms with E-state index >= 15 is 0 Å². The van der Waals surface area contributed by atoms with E-state index in [-0.39, 0.29) is 26.4 Å². The second-order valence-electron chi connectivity index (χ2n) is 3.92. The molecule has 0 spiro atoms. The number of alkyl halides is 3. The smallest absolute Gasteiger partial charge is 1.00 e. The summed E-state index contributed by atoms with van der Waals surface area (Å²) in [5.74, 6) is -1.00. The van der Waals surface area contributed by atoms with Gasteiger partial charge in [-0.2, -0.15) is 37.5 Å². The zero-order valence-electron chi connectivity index (χ0n) is 12.0. The van der Waals surface area contributed by atoms with E-state index in [4.69, 9.17) is 0 Å². The van der Waals surface area contributed by atoms with Crippen molar-refractivity contribution in [2.45, 2.75) is 19.0 Å². The van der Waals surface area contributed by atoms with E-state index in [1.165, 1.54) is 0 Å². The van der Waals surface area contributed by atoms with Crippen LogP contribution in [0.3, 0.4) is 0 Å². The summed E-state index contributed by atoms with van der Waals surface area (Å²) in [5.41, 5.74) is -1.09. The molecular formula is C17H13F5Ti. The van der Waals surface area contributed by atoms with Crippen molar-refractivity contribution in [1.82, 2.24) is 0 Å². The number of hydrogen-bond donors (Lipinski definition) is 0. The minimum atomic E-state index is -4.51. The van der Waals surface area contributed by atoms with Crippen LogP contribution in [0.15, 0.2) is 54.7 Å². The van der Waals surface area contributed by atoms with E-state index < -0.39 is 17.6 Å². The molecule has 2 aliphatic rings. The predicted molar refractivity (Wildman–Crippen MR) is 73.4 cm³/mol. The quantitative estimate of drug-likeness (QED) is 0.378. The van der Waals surface area contributed by atoms with Crippen LogP contribution in [0.5, 0.6) is 0 Å². The molecule has 0 amide bonds. The first-order valence-corrected chi connectivity index (χ1v) is 6.18. The van der Waals surface area contributed by atoms with Crippen molar-refractivity contribution in [3.8, 4) is 0 Å². The van der Waals surface area contributed by atoms with Gasteiger partial charge in [0, 0.05) is 5.82 Å². The maximum atomic E-state index is 12.1. The minimum Gasteiger partial charge on any atom is -1.00 e. The molecule has 0 unspecified atom stereocenters. The molecule has 120 valence electrons. The largest absolute Gasteiger partial charge is 4.00 e. The van der Waals surface area contributed by atoms with Gasteiger partial charge in [0.1, 0.15) is 0 Å². The Morgan fingerprint density at radius 1 is 0.913 bits per heavy atom. The molecule has 2 aliphatic carbocycles. The fraction of sp³-hybridized carbons (Fsp3) is 0.176. The Labute approximate surface area is 147 Å². The van der Waals surface area contributed by atoms with Crippen molar-refractivity contribution in [3.05, 3.63) is 84.3 Å². The molecule has 1 aromatic carbocycles. The molecule has 3 rings (SSSR count). The monoisotopic (exact) mass is 360 g/mol. The van der Waals surface area contributed by atoms with Gasteiger partial charge in [-0.3, -0.25) is 12.2 Å². The summed E-state index contributed by atoms with van der Waals surface area (Å²) >= 11 is 0. The first kappa shape index (κ1) is 23.8. The topological polar surface area (TPSA) is 0 Å². The zero-order chi connectivity index (χ0) is 15.6. The van der Waals surface area contributed by atoms with Crippen LogP contribution in [-0.2, 0) is 27.9 Å². The summed E-state index contributed by atoms with van der Waals surface area (Å²) in [5, 5.41) is 0. The molecule has 0 nitrogen and oxygen atoms in total. The normalized spacial score (nSPS) is 13.2. The third kappa shape index (κ3) is 11.7. The van der Waals surface area contributed by atoms with E-state index in [1.807, 2.05) is 24.3 Å². The number of halogens is 5. The van der Waals surface area contributed by atoms with Gasteiger partial charge in [-0.25, -0.2) is 28.7 Å². The molecule has 0 aromatic heterocycles. The summed E-state index contributed by atoms with van der Waals surface area (Å²) in [6.45, 7) is 0. The summed E-state index contributed by atoms with van der Waals surface area (Å²) in [7, 11) is 0. The molecule has 6 heteroatoms. The maximum absolute atomic E-state index is 12.1. The average molecular weight is 360 g/mol. The van der Waals surface area contributed by atoms with Crippen molar-refractivity contribution >= 4 is 0 Å². The Morgan fingerprint density at radius 2 is 1.43 bits per heavy atom. The number of hydrogen-bond acceptors (Lipinski definition) is 0. The molecule has 0 saturated heterocycles. The minimum absolute atomic E-state index is 0. The molecule has 0 N–H and O–H groups in total. The Hall–Kier alpha value is -1.46. The maximum Gasteiger partial charge on any atom is 4.00 e.